The van der Waals surface area contributed by atoms with Gasteiger partial charge in [0, 0.05) is 6.54 Å². The van der Waals surface area contributed by atoms with Gasteiger partial charge in [-0.05, 0) is 25.2 Å². The monoisotopic (exact) mass is 230 g/mol. The highest BCUT2D eigenvalue weighted by molar-refractivity contribution is 6.06. The van der Waals surface area contributed by atoms with E-state index in [4.69, 9.17) is 5.26 Å². The maximum Gasteiger partial charge on any atom is 0.233 e. The van der Waals surface area contributed by atoms with Crippen molar-refractivity contribution in [1.29, 1.82) is 5.26 Å². The van der Waals surface area contributed by atoms with E-state index in [0.717, 1.165) is 6.42 Å². The molecule has 2 bridgehead atoms. The molecule has 2 aliphatic carbocycles. The fourth-order valence-corrected chi connectivity index (χ4v) is 3.46. The maximum absolute atomic E-state index is 12.2. The number of nitriles is 1. The molecule has 3 rings (SSSR count). The molecule has 0 aromatic rings. The summed E-state index contributed by atoms with van der Waals surface area (Å²) >= 11 is 0. The minimum absolute atomic E-state index is 0.0565. The van der Waals surface area contributed by atoms with E-state index in [1.54, 1.807) is 6.92 Å². The predicted octanol–water partition coefficient (Wildman–Crippen LogP) is 0.953. The van der Waals surface area contributed by atoms with Gasteiger partial charge in [-0.15, -0.1) is 0 Å². The Balaban J connectivity index is 1.86. The van der Waals surface area contributed by atoms with Crippen LogP contribution in [0.4, 0.5) is 0 Å². The van der Waals surface area contributed by atoms with E-state index in [2.05, 4.69) is 18.2 Å². The van der Waals surface area contributed by atoms with E-state index in [9.17, 15) is 9.59 Å². The van der Waals surface area contributed by atoms with Crippen molar-refractivity contribution in [3.05, 3.63) is 12.2 Å². The molecule has 0 radical (unpaired) electrons. The van der Waals surface area contributed by atoms with E-state index in [0.29, 0.717) is 0 Å². The standard InChI is InChI=1S/C13H14N2O2/c1-7(5-14)6-15-12(16)10-8-2-3-9(4-8)11(10)13(15)17/h2-3,7-11H,4,6H2,1H3. The highest BCUT2D eigenvalue weighted by Gasteiger charge is 2.59. The minimum Gasteiger partial charge on any atom is -0.281 e. The third kappa shape index (κ3) is 1.28. The summed E-state index contributed by atoms with van der Waals surface area (Å²) in [7, 11) is 0. The summed E-state index contributed by atoms with van der Waals surface area (Å²) in [6.45, 7) is 1.99. The topological polar surface area (TPSA) is 61.2 Å². The lowest BCUT2D eigenvalue weighted by Gasteiger charge is -2.17. The Morgan fingerprint density at radius 2 is 1.88 bits per heavy atom. The molecule has 4 nitrogen and oxygen atoms in total. The van der Waals surface area contributed by atoms with Gasteiger partial charge in [0.2, 0.25) is 11.8 Å². The molecule has 1 aliphatic heterocycles. The van der Waals surface area contributed by atoms with Gasteiger partial charge in [0.05, 0.1) is 23.8 Å². The van der Waals surface area contributed by atoms with Gasteiger partial charge in [-0.3, -0.25) is 14.5 Å². The zero-order chi connectivity index (χ0) is 12.2. The highest BCUT2D eigenvalue weighted by atomic mass is 16.2. The number of hydrogen-bond donors (Lipinski definition) is 0. The number of carbonyl (C=O) groups excluding carboxylic acids is 2. The summed E-state index contributed by atoms with van der Waals surface area (Å²) < 4.78 is 0. The van der Waals surface area contributed by atoms with E-state index in [1.165, 1.54) is 4.90 Å². The van der Waals surface area contributed by atoms with Crippen LogP contribution in [0, 0.1) is 40.9 Å². The van der Waals surface area contributed by atoms with E-state index < -0.39 is 0 Å². The van der Waals surface area contributed by atoms with E-state index in [1.807, 2.05) is 0 Å². The Hall–Kier alpha value is -1.63. The van der Waals surface area contributed by atoms with Gasteiger partial charge >= 0.3 is 0 Å². The van der Waals surface area contributed by atoms with Crippen LogP contribution in [-0.4, -0.2) is 23.3 Å². The summed E-state index contributed by atoms with van der Waals surface area (Å²) in [5, 5.41) is 8.78. The van der Waals surface area contributed by atoms with Gasteiger partial charge in [0.25, 0.3) is 0 Å². The molecule has 0 spiro atoms. The molecule has 2 amide bonds. The normalized spacial score (nSPS) is 39.6. The molecule has 1 saturated heterocycles. The van der Waals surface area contributed by atoms with Crippen LogP contribution in [0.1, 0.15) is 13.3 Å². The van der Waals surface area contributed by atoms with Gasteiger partial charge < -0.3 is 0 Å². The molecule has 5 unspecified atom stereocenters. The maximum atomic E-state index is 12.2. The number of hydrogen-bond acceptors (Lipinski definition) is 3. The minimum atomic E-state index is -0.285. The summed E-state index contributed by atoms with van der Waals surface area (Å²) in [6, 6.07) is 2.07. The second kappa shape index (κ2) is 3.43. The van der Waals surface area contributed by atoms with Gasteiger partial charge in [0.1, 0.15) is 0 Å². The fraction of sp³-hybridized carbons (Fsp3) is 0.615. The number of allylic oxidation sites excluding steroid dienone is 2. The Bertz CT molecular complexity index is 433. The second-order valence-corrected chi connectivity index (χ2v) is 5.32. The molecular formula is C13H14N2O2. The first-order chi connectivity index (χ1) is 8.13. The molecule has 0 aromatic heterocycles. The average Bonchev–Trinajstić information content (AvgIpc) is 2.98. The molecule has 1 heterocycles. The molecule has 17 heavy (non-hydrogen) atoms. The van der Waals surface area contributed by atoms with Crippen molar-refractivity contribution in [3.63, 3.8) is 0 Å². The Kier molecular flexibility index (Phi) is 2.12. The summed E-state index contributed by atoms with van der Waals surface area (Å²) in [5.41, 5.74) is 0. The Labute approximate surface area is 99.9 Å². The fourth-order valence-electron chi connectivity index (χ4n) is 3.46. The molecule has 0 aromatic carbocycles. The van der Waals surface area contributed by atoms with E-state index in [-0.39, 0.29) is 47.9 Å². The molecule has 4 heteroatoms. The van der Waals surface area contributed by atoms with Gasteiger partial charge in [-0.1, -0.05) is 12.2 Å². The first kappa shape index (κ1) is 10.5. The molecule has 2 fully saturated rings. The highest BCUT2D eigenvalue weighted by Crippen LogP contribution is 2.52. The molecular weight excluding hydrogens is 216 g/mol. The van der Waals surface area contributed by atoms with Crippen molar-refractivity contribution in [2.24, 2.45) is 29.6 Å². The number of rotatable bonds is 2. The van der Waals surface area contributed by atoms with Crippen molar-refractivity contribution < 1.29 is 9.59 Å². The predicted molar refractivity (Wildman–Crippen MR) is 59.2 cm³/mol. The van der Waals surface area contributed by atoms with Crippen LogP contribution in [0.2, 0.25) is 0 Å². The van der Waals surface area contributed by atoms with Gasteiger partial charge in [-0.25, -0.2) is 0 Å². The smallest absolute Gasteiger partial charge is 0.233 e. The molecule has 0 N–H and O–H groups in total. The van der Waals surface area contributed by atoms with Crippen molar-refractivity contribution >= 4 is 11.8 Å². The quantitative estimate of drug-likeness (QED) is 0.524. The number of fused-ring (bicyclic) bond motifs is 5. The van der Waals surface area contributed by atoms with Crippen LogP contribution in [0.3, 0.4) is 0 Å². The zero-order valence-electron chi connectivity index (χ0n) is 9.67. The lowest BCUT2D eigenvalue weighted by molar-refractivity contribution is -0.141. The third-order valence-corrected chi connectivity index (χ3v) is 4.24. The lowest BCUT2D eigenvalue weighted by Crippen LogP contribution is -2.36. The van der Waals surface area contributed by atoms with Crippen LogP contribution in [-0.2, 0) is 9.59 Å². The van der Waals surface area contributed by atoms with Crippen molar-refractivity contribution in [1.82, 2.24) is 4.90 Å². The molecule has 1 saturated carbocycles. The second-order valence-electron chi connectivity index (χ2n) is 5.32. The molecule has 3 aliphatic rings. The van der Waals surface area contributed by atoms with Crippen LogP contribution in [0.15, 0.2) is 12.2 Å². The Morgan fingerprint density at radius 3 is 2.35 bits per heavy atom. The first-order valence-electron chi connectivity index (χ1n) is 6.06. The van der Waals surface area contributed by atoms with Crippen molar-refractivity contribution in [2.75, 3.05) is 6.54 Å². The largest absolute Gasteiger partial charge is 0.281 e. The average molecular weight is 230 g/mol. The van der Waals surface area contributed by atoms with Gasteiger partial charge in [-0.2, -0.15) is 5.26 Å². The van der Waals surface area contributed by atoms with Crippen LogP contribution in [0.25, 0.3) is 0 Å². The molecule has 88 valence electrons. The molecule has 5 atom stereocenters. The zero-order valence-corrected chi connectivity index (χ0v) is 9.67. The number of imide groups is 1. The number of nitrogens with zero attached hydrogens (tertiary/aromatic N) is 2. The Morgan fingerprint density at radius 1 is 1.35 bits per heavy atom. The third-order valence-electron chi connectivity index (χ3n) is 4.24. The lowest BCUT2D eigenvalue weighted by atomic mass is 9.85. The van der Waals surface area contributed by atoms with Crippen LogP contribution < -0.4 is 0 Å². The SMILES string of the molecule is CC(C#N)CN1C(=O)C2C3C=CC(C3)C2C1=O. The van der Waals surface area contributed by atoms with Crippen molar-refractivity contribution in [3.8, 4) is 6.07 Å². The van der Waals surface area contributed by atoms with Crippen molar-refractivity contribution in [2.45, 2.75) is 13.3 Å². The van der Waals surface area contributed by atoms with Gasteiger partial charge in [0.15, 0.2) is 0 Å². The summed E-state index contributed by atoms with van der Waals surface area (Å²) in [6.07, 6.45) is 5.11. The number of amides is 2. The van der Waals surface area contributed by atoms with E-state index >= 15 is 0 Å². The van der Waals surface area contributed by atoms with Crippen LogP contribution >= 0.6 is 0 Å². The first-order valence-corrected chi connectivity index (χ1v) is 6.06. The van der Waals surface area contributed by atoms with Crippen LogP contribution in [0.5, 0.6) is 0 Å². The summed E-state index contributed by atoms with van der Waals surface area (Å²) in [4.78, 5) is 25.7. The number of carbonyl (C=O) groups is 2. The number of likely N-dealkylation sites (tertiary alicyclic amines) is 1. The summed E-state index contributed by atoms with van der Waals surface area (Å²) in [5.74, 6) is -0.162.